The third-order valence-electron chi connectivity index (χ3n) is 4.54. The van der Waals surface area contributed by atoms with Gasteiger partial charge in [-0.3, -0.25) is 4.79 Å². The molecular formula is C17H27N5O3. The lowest BCUT2D eigenvalue weighted by Gasteiger charge is -2.37. The fraction of sp³-hybridized carbons (Fsp3) is 0.706. The van der Waals surface area contributed by atoms with Crippen molar-refractivity contribution in [2.24, 2.45) is 0 Å². The Morgan fingerprint density at radius 1 is 1.28 bits per heavy atom. The van der Waals surface area contributed by atoms with Gasteiger partial charge in [0.2, 0.25) is 5.95 Å². The van der Waals surface area contributed by atoms with Crippen molar-refractivity contribution in [3.8, 4) is 0 Å². The smallest absolute Gasteiger partial charge is 0.272 e. The van der Waals surface area contributed by atoms with Crippen molar-refractivity contribution in [2.75, 3.05) is 58.8 Å². The van der Waals surface area contributed by atoms with Gasteiger partial charge in [0.25, 0.3) is 5.91 Å². The highest BCUT2D eigenvalue weighted by Crippen LogP contribution is 2.31. The number of hydrogen-bond acceptors (Lipinski definition) is 7. The second-order valence-corrected chi connectivity index (χ2v) is 6.85. The predicted molar refractivity (Wildman–Crippen MR) is 93.6 cm³/mol. The number of amides is 1. The molecule has 2 aliphatic heterocycles. The number of hydrogen-bond donors (Lipinski definition) is 1. The van der Waals surface area contributed by atoms with Crippen LogP contribution < -0.4 is 5.32 Å². The van der Waals surface area contributed by atoms with Gasteiger partial charge in [0.1, 0.15) is 5.69 Å². The molecule has 1 N–H and O–H groups in total. The minimum atomic E-state index is -0.475. The van der Waals surface area contributed by atoms with Crippen molar-refractivity contribution in [3.63, 3.8) is 0 Å². The van der Waals surface area contributed by atoms with Gasteiger partial charge in [-0.2, -0.15) is 0 Å². The third kappa shape index (κ3) is 4.45. The average Bonchev–Trinajstić information content (AvgIpc) is 3.02. The van der Waals surface area contributed by atoms with Crippen LogP contribution >= 0.6 is 0 Å². The van der Waals surface area contributed by atoms with Crippen LogP contribution in [0.3, 0.4) is 0 Å². The Labute approximate surface area is 148 Å². The van der Waals surface area contributed by atoms with Crippen LogP contribution in [0, 0.1) is 6.92 Å². The number of carbonyl (C=O) groups excluding carboxylic acids is 1. The molecule has 0 aliphatic carbocycles. The standard InChI is InChI=1S/C17H27N5O3/c1-13-12-14(20-16(19-13)18-6-9-21(2)3)15(23)22-7-4-17(5-8-22)24-10-11-25-17/h12H,4-11H2,1-3H3,(H,18,19,20). The molecule has 25 heavy (non-hydrogen) atoms. The summed E-state index contributed by atoms with van der Waals surface area (Å²) in [5.41, 5.74) is 1.21. The quantitative estimate of drug-likeness (QED) is 0.840. The van der Waals surface area contributed by atoms with Gasteiger partial charge >= 0.3 is 0 Å². The largest absolute Gasteiger partial charge is 0.353 e. The minimum Gasteiger partial charge on any atom is -0.353 e. The molecule has 0 saturated carbocycles. The summed E-state index contributed by atoms with van der Waals surface area (Å²) in [4.78, 5) is 25.5. The Hall–Kier alpha value is -1.77. The first-order valence-electron chi connectivity index (χ1n) is 8.79. The zero-order chi connectivity index (χ0) is 17.9. The Bertz CT molecular complexity index is 606. The normalized spacial score (nSPS) is 19.6. The van der Waals surface area contributed by atoms with Gasteiger partial charge in [-0.05, 0) is 27.1 Å². The van der Waals surface area contributed by atoms with Gasteiger partial charge in [-0.25, -0.2) is 9.97 Å². The lowest BCUT2D eigenvalue weighted by Crippen LogP contribution is -2.47. The molecule has 1 aromatic heterocycles. The number of rotatable bonds is 5. The molecule has 3 rings (SSSR count). The molecule has 1 aromatic rings. The van der Waals surface area contributed by atoms with E-state index in [-0.39, 0.29) is 5.91 Å². The first kappa shape index (κ1) is 18.0. The van der Waals surface area contributed by atoms with E-state index in [1.165, 1.54) is 0 Å². The van der Waals surface area contributed by atoms with Crippen molar-refractivity contribution in [3.05, 3.63) is 17.5 Å². The molecule has 0 unspecified atom stereocenters. The van der Waals surface area contributed by atoms with Crippen LogP contribution in [0.25, 0.3) is 0 Å². The van der Waals surface area contributed by atoms with E-state index in [1.54, 1.807) is 6.07 Å². The number of ether oxygens (including phenoxy) is 2. The van der Waals surface area contributed by atoms with E-state index in [0.29, 0.717) is 50.8 Å². The van der Waals surface area contributed by atoms with Crippen LogP contribution in [0.2, 0.25) is 0 Å². The maximum Gasteiger partial charge on any atom is 0.272 e. The maximum absolute atomic E-state index is 12.8. The number of likely N-dealkylation sites (tertiary alicyclic amines) is 1. The summed E-state index contributed by atoms with van der Waals surface area (Å²) in [5, 5.41) is 3.18. The molecule has 3 heterocycles. The second kappa shape index (κ2) is 7.63. The maximum atomic E-state index is 12.8. The third-order valence-corrected chi connectivity index (χ3v) is 4.54. The molecule has 2 saturated heterocycles. The lowest BCUT2D eigenvalue weighted by molar-refractivity contribution is -0.181. The number of aryl methyl sites for hydroxylation is 1. The van der Waals surface area contributed by atoms with Crippen LogP contribution in [0.15, 0.2) is 6.07 Å². The number of nitrogens with one attached hydrogen (secondary N) is 1. The minimum absolute atomic E-state index is 0.0611. The molecule has 1 spiro atoms. The van der Waals surface area contributed by atoms with E-state index in [9.17, 15) is 4.79 Å². The highest BCUT2D eigenvalue weighted by atomic mass is 16.7. The fourth-order valence-corrected chi connectivity index (χ4v) is 3.15. The number of nitrogens with zero attached hydrogens (tertiary/aromatic N) is 4. The van der Waals surface area contributed by atoms with E-state index >= 15 is 0 Å². The van der Waals surface area contributed by atoms with E-state index in [1.807, 2.05) is 25.9 Å². The van der Waals surface area contributed by atoms with Crippen molar-refractivity contribution >= 4 is 11.9 Å². The number of carbonyl (C=O) groups is 1. The Balaban J connectivity index is 1.62. The van der Waals surface area contributed by atoms with E-state index in [0.717, 1.165) is 18.8 Å². The number of piperidine rings is 1. The SMILES string of the molecule is Cc1cc(C(=O)N2CCC3(CC2)OCCO3)nc(NCCN(C)C)n1. The first-order valence-corrected chi connectivity index (χ1v) is 8.79. The fourth-order valence-electron chi connectivity index (χ4n) is 3.15. The summed E-state index contributed by atoms with van der Waals surface area (Å²) in [5.74, 6) is -0.0350. The van der Waals surface area contributed by atoms with Crippen molar-refractivity contribution in [2.45, 2.75) is 25.6 Å². The van der Waals surface area contributed by atoms with Crippen LogP contribution in [-0.4, -0.2) is 85.0 Å². The van der Waals surface area contributed by atoms with E-state index in [2.05, 4.69) is 20.2 Å². The summed E-state index contributed by atoms with van der Waals surface area (Å²) in [7, 11) is 4.02. The summed E-state index contributed by atoms with van der Waals surface area (Å²) in [6.07, 6.45) is 1.41. The average molecular weight is 349 g/mol. The van der Waals surface area contributed by atoms with Crippen LogP contribution in [-0.2, 0) is 9.47 Å². The highest BCUT2D eigenvalue weighted by molar-refractivity contribution is 5.92. The summed E-state index contributed by atoms with van der Waals surface area (Å²) in [6.45, 7) is 5.99. The second-order valence-electron chi connectivity index (χ2n) is 6.85. The van der Waals surface area contributed by atoms with Crippen LogP contribution in [0.4, 0.5) is 5.95 Å². The molecule has 138 valence electrons. The zero-order valence-corrected chi connectivity index (χ0v) is 15.2. The van der Waals surface area contributed by atoms with Crippen molar-refractivity contribution < 1.29 is 14.3 Å². The predicted octanol–water partition coefficient (Wildman–Crippen LogP) is 0.738. The topological polar surface area (TPSA) is 79.8 Å². The van der Waals surface area contributed by atoms with E-state index < -0.39 is 5.79 Å². The molecule has 0 bridgehead atoms. The summed E-state index contributed by atoms with van der Waals surface area (Å²) in [6, 6.07) is 1.74. The molecule has 8 nitrogen and oxygen atoms in total. The van der Waals surface area contributed by atoms with Gasteiger partial charge < -0.3 is 24.6 Å². The van der Waals surface area contributed by atoms with Gasteiger partial charge in [-0.15, -0.1) is 0 Å². The summed E-state index contributed by atoms with van der Waals surface area (Å²) >= 11 is 0. The molecule has 0 radical (unpaired) electrons. The molecule has 0 atom stereocenters. The lowest BCUT2D eigenvalue weighted by atomic mass is 10.0. The van der Waals surface area contributed by atoms with Gasteiger partial charge in [0.05, 0.1) is 13.2 Å². The van der Waals surface area contributed by atoms with Crippen molar-refractivity contribution in [1.29, 1.82) is 0 Å². The number of likely N-dealkylation sites (N-methyl/N-ethyl adjacent to an activating group) is 1. The molecule has 8 heteroatoms. The summed E-state index contributed by atoms with van der Waals surface area (Å²) < 4.78 is 11.4. The van der Waals surface area contributed by atoms with Gasteiger partial charge in [-0.1, -0.05) is 0 Å². The molecule has 1 amide bonds. The Morgan fingerprint density at radius 2 is 1.96 bits per heavy atom. The number of aromatic nitrogens is 2. The van der Waals surface area contributed by atoms with Crippen molar-refractivity contribution in [1.82, 2.24) is 19.8 Å². The van der Waals surface area contributed by atoms with Gasteiger partial charge in [0.15, 0.2) is 5.79 Å². The molecule has 2 fully saturated rings. The monoisotopic (exact) mass is 349 g/mol. The molecule has 2 aliphatic rings. The Kier molecular flexibility index (Phi) is 5.51. The zero-order valence-electron chi connectivity index (χ0n) is 15.2. The number of anilines is 1. The highest BCUT2D eigenvalue weighted by Gasteiger charge is 2.41. The molecule has 0 aromatic carbocycles. The van der Waals surface area contributed by atoms with Crippen LogP contribution in [0.1, 0.15) is 29.0 Å². The molecular weight excluding hydrogens is 322 g/mol. The van der Waals surface area contributed by atoms with E-state index in [4.69, 9.17) is 9.47 Å². The Morgan fingerprint density at radius 3 is 2.60 bits per heavy atom. The first-order chi connectivity index (χ1) is 12.0. The van der Waals surface area contributed by atoms with Crippen LogP contribution in [0.5, 0.6) is 0 Å². The van der Waals surface area contributed by atoms with Gasteiger partial charge in [0, 0.05) is 44.7 Å².